The minimum Gasteiger partial charge on any atom is -0.454 e. The van der Waals surface area contributed by atoms with Crippen LogP contribution in [0, 0.1) is 0 Å². The third-order valence-corrected chi connectivity index (χ3v) is 3.18. The molecule has 2 aromatic carbocycles. The van der Waals surface area contributed by atoms with E-state index >= 15 is 0 Å². The first kappa shape index (κ1) is 12.3. The maximum Gasteiger partial charge on any atom is 0.258 e. The van der Waals surface area contributed by atoms with Crippen molar-refractivity contribution in [3.63, 3.8) is 0 Å². The minimum absolute atomic E-state index is 0.131. The van der Waals surface area contributed by atoms with Gasteiger partial charge in [-0.25, -0.2) is 0 Å². The summed E-state index contributed by atoms with van der Waals surface area (Å²) in [5, 5.41) is 0. The second-order valence-corrected chi connectivity index (χ2v) is 4.53. The molecule has 0 fully saturated rings. The summed E-state index contributed by atoms with van der Waals surface area (Å²) in [6.07, 6.45) is 0. The number of amides is 1. The Bertz CT molecular complexity index is 670. The second-order valence-electron chi connectivity index (χ2n) is 4.53. The lowest BCUT2D eigenvalue weighted by molar-refractivity contribution is 0.0992. The van der Waals surface area contributed by atoms with Gasteiger partial charge in [0, 0.05) is 24.0 Å². The molecule has 0 unspecified atom stereocenters. The molecule has 0 radical (unpaired) electrons. The number of hydrogen-bond acceptors (Lipinski definition) is 4. The highest BCUT2D eigenvalue weighted by molar-refractivity contribution is 6.06. The zero-order valence-electron chi connectivity index (χ0n) is 11.0. The molecule has 0 saturated heterocycles. The molecule has 3 rings (SSSR count). The van der Waals surface area contributed by atoms with E-state index in [1.165, 1.54) is 0 Å². The first-order valence-corrected chi connectivity index (χ1v) is 6.18. The van der Waals surface area contributed by atoms with Gasteiger partial charge in [-0.15, -0.1) is 0 Å². The molecule has 2 aromatic rings. The third-order valence-electron chi connectivity index (χ3n) is 3.18. The van der Waals surface area contributed by atoms with Crippen LogP contribution in [-0.4, -0.2) is 19.7 Å². The van der Waals surface area contributed by atoms with E-state index in [-0.39, 0.29) is 12.7 Å². The normalized spacial score (nSPS) is 12.2. The van der Waals surface area contributed by atoms with Gasteiger partial charge in [-0.05, 0) is 36.4 Å². The Morgan fingerprint density at radius 3 is 2.75 bits per heavy atom. The van der Waals surface area contributed by atoms with Crippen molar-refractivity contribution in [1.82, 2.24) is 0 Å². The monoisotopic (exact) mass is 270 g/mol. The number of benzene rings is 2. The van der Waals surface area contributed by atoms with Crippen LogP contribution in [0.2, 0.25) is 0 Å². The number of rotatable bonds is 2. The molecule has 20 heavy (non-hydrogen) atoms. The van der Waals surface area contributed by atoms with Crippen molar-refractivity contribution in [3.05, 3.63) is 48.0 Å². The van der Waals surface area contributed by atoms with Crippen LogP contribution < -0.4 is 20.1 Å². The van der Waals surface area contributed by atoms with Gasteiger partial charge in [0.2, 0.25) is 6.79 Å². The molecule has 0 atom stereocenters. The second kappa shape index (κ2) is 4.77. The molecule has 0 bridgehead atoms. The van der Waals surface area contributed by atoms with Crippen molar-refractivity contribution in [2.24, 2.45) is 0 Å². The topological polar surface area (TPSA) is 64.8 Å². The van der Waals surface area contributed by atoms with E-state index in [2.05, 4.69) is 0 Å². The Hall–Kier alpha value is -2.69. The van der Waals surface area contributed by atoms with E-state index in [0.717, 1.165) is 5.69 Å². The predicted molar refractivity (Wildman–Crippen MR) is 76.2 cm³/mol. The summed E-state index contributed by atoms with van der Waals surface area (Å²) in [7, 11) is 1.71. The lowest BCUT2D eigenvalue weighted by Crippen LogP contribution is -2.26. The van der Waals surface area contributed by atoms with Crippen molar-refractivity contribution < 1.29 is 14.3 Å². The highest BCUT2D eigenvalue weighted by atomic mass is 16.7. The van der Waals surface area contributed by atoms with E-state index < -0.39 is 0 Å². The summed E-state index contributed by atoms with van der Waals surface area (Å²) in [5.74, 6) is 1.12. The third kappa shape index (κ3) is 2.14. The van der Waals surface area contributed by atoms with Crippen molar-refractivity contribution in [3.8, 4) is 11.5 Å². The van der Waals surface area contributed by atoms with E-state index in [9.17, 15) is 4.79 Å². The molecule has 5 heteroatoms. The van der Waals surface area contributed by atoms with Crippen LogP contribution in [0.3, 0.4) is 0 Å². The van der Waals surface area contributed by atoms with Gasteiger partial charge in [0.15, 0.2) is 11.5 Å². The van der Waals surface area contributed by atoms with E-state index in [1.807, 2.05) is 12.1 Å². The molecular formula is C15H14N2O3. The number of ether oxygens (including phenoxy) is 2. The summed E-state index contributed by atoms with van der Waals surface area (Å²) < 4.78 is 10.5. The number of nitrogens with two attached hydrogens (primary N) is 1. The fraction of sp³-hybridized carbons (Fsp3) is 0.133. The molecule has 1 aliphatic rings. The fourth-order valence-electron chi connectivity index (χ4n) is 2.07. The Kier molecular flexibility index (Phi) is 2.95. The summed E-state index contributed by atoms with van der Waals surface area (Å²) in [5.41, 5.74) is 7.64. The van der Waals surface area contributed by atoms with Crippen LogP contribution in [-0.2, 0) is 0 Å². The first-order chi connectivity index (χ1) is 9.65. The highest BCUT2D eigenvalue weighted by Gasteiger charge is 2.19. The first-order valence-electron chi connectivity index (χ1n) is 6.18. The molecule has 102 valence electrons. The molecule has 0 saturated carbocycles. The molecule has 0 spiro atoms. The van der Waals surface area contributed by atoms with Gasteiger partial charge < -0.3 is 20.1 Å². The van der Waals surface area contributed by atoms with Crippen LogP contribution in [0.5, 0.6) is 11.5 Å². The van der Waals surface area contributed by atoms with E-state index in [4.69, 9.17) is 15.2 Å². The lowest BCUT2D eigenvalue weighted by atomic mass is 10.1. The Morgan fingerprint density at radius 1 is 1.15 bits per heavy atom. The number of fused-ring (bicyclic) bond motifs is 1. The number of nitrogens with zero attached hydrogens (tertiary/aromatic N) is 1. The predicted octanol–water partition coefficient (Wildman–Crippen LogP) is 2.27. The molecule has 0 aliphatic carbocycles. The minimum atomic E-state index is -0.131. The van der Waals surface area contributed by atoms with Crippen molar-refractivity contribution in [2.45, 2.75) is 0 Å². The Balaban J connectivity index is 1.88. The largest absolute Gasteiger partial charge is 0.454 e. The summed E-state index contributed by atoms with van der Waals surface area (Å²) in [6.45, 7) is 0.192. The zero-order valence-corrected chi connectivity index (χ0v) is 11.0. The summed E-state index contributed by atoms with van der Waals surface area (Å²) in [4.78, 5) is 14.0. The number of nitrogen functional groups attached to an aromatic ring is 1. The molecule has 1 heterocycles. The SMILES string of the molecule is CN(C(=O)c1ccc2c(c1)OCO2)c1cccc(N)c1. The fourth-order valence-corrected chi connectivity index (χ4v) is 2.07. The van der Waals surface area contributed by atoms with Gasteiger partial charge >= 0.3 is 0 Å². The molecular weight excluding hydrogens is 256 g/mol. The van der Waals surface area contributed by atoms with Crippen molar-refractivity contribution in [1.29, 1.82) is 0 Å². The quantitative estimate of drug-likeness (QED) is 0.850. The van der Waals surface area contributed by atoms with Gasteiger partial charge in [-0.1, -0.05) is 6.07 Å². The van der Waals surface area contributed by atoms with Gasteiger partial charge in [0.05, 0.1) is 0 Å². The molecule has 0 aromatic heterocycles. The van der Waals surface area contributed by atoms with Crippen LogP contribution in [0.15, 0.2) is 42.5 Å². The highest BCUT2D eigenvalue weighted by Crippen LogP contribution is 2.33. The van der Waals surface area contributed by atoms with Crippen LogP contribution in [0.4, 0.5) is 11.4 Å². The molecule has 1 aliphatic heterocycles. The Morgan fingerprint density at radius 2 is 1.95 bits per heavy atom. The number of anilines is 2. The van der Waals surface area contributed by atoms with E-state index in [0.29, 0.717) is 22.7 Å². The van der Waals surface area contributed by atoms with Crippen molar-refractivity contribution >= 4 is 17.3 Å². The Labute approximate surface area is 116 Å². The smallest absolute Gasteiger partial charge is 0.258 e. The van der Waals surface area contributed by atoms with Crippen LogP contribution in [0.25, 0.3) is 0 Å². The zero-order chi connectivity index (χ0) is 14.1. The van der Waals surface area contributed by atoms with Gasteiger partial charge in [0.25, 0.3) is 5.91 Å². The van der Waals surface area contributed by atoms with Crippen molar-refractivity contribution in [2.75, 3.05) is 24.5 Å². The van der Waals surface area contributed by atoms with Gasteiger partial charge in [0.1, 0.15) is 0 Å². The number of carbonyl (C=O) groups is 1. The summed E-state index contributed by atoms with van der Waals surface area (Å²) >= 11 is 0. The maximum absolute atomic E-state index is 12.4. The number of carbonyl (C=O) groups excluding carboxylic acids is 1. The average Bonchev–Trinajstić information content (AvgIpc) is 2.93. The van der Waals surface area contributed by atoms with Crippen LogP contribution >= 0.6 is 0 Å². The molecule has 2 N–H and O–H groups in total. The summed E-state index contributed by atoms with van der Waals surface area (Å²) in [6, 6.07) is 12.3. The lowest BCUT2D eigenvalue weighted by Gasteiger charge is -2.18. The van der Waals surface area contributed by atoms with E-state index in [1.54, 1.807) is 42.3 Å². The van der Waals surface area contributed by atoms with Gasteiger partial charge in [-0.2, -0.15) is 0 Å². The van der Waals surface area contributed by atoms with Gasteiger partial charge in [-0.3, -0.25) is 4.79 Å². The van der Waals surface area contributed by atoms with Crippen LogP contribution in [0.1, 0.15) is 10.4 Å². The number of hydrogen-bond donors (Lipinski definition) is 1. The maximum atomic E-state index is 12.4. The standard InChI is InChI=1S/C15H14N2O3/c1-17(12-4-2-3-11(16)8-12)15(18)10-5-6-13-14(7-10)20-9-19-13/h2-8H,9,16H2,1H3. The molecule has 5 nitrogen and oxygen atoms in total. The average molecular weight is 270 g/mol. The molecule has 1 amide bonds.